The van der Waals surface area contributed by atoms with Crippen LogP contribution in [-0.4, -0.2) is 18.9 Å². The van der Waals surface area contributed by atoms with Crippen LogP contribution in [0.2, 0.25) is 10.0 Å². The molecule has 0 aliphatic rings. The summed E-state index contributed by atoms with van der Waals surface area (Å²) in [6, 6.07) is 21.8. The molecule has 0 atom stereocenters. The fraction of sp³-hybridized carbons (Fsp3) is 0.130. The Morgan fingerprint density at radius 1 is 0.828 bits per heavy atom. The van der Waals surface area contributed by atoms with Crippen molar-refractivity contribution in [1.29, 1.82) is 0 Å². The Bertz CT molecular complexity index is 985. The summed E-state index contributed by atoms with van der Waals surface area (Å²) >= 11 is 12.2. The van der Waals surface area contributed by atoms with Crippen LogP contribution < -0.4 is 10.2 Å². The van der Waals surface area contributed by atoms with E-state index in [0.717, 1.165) is 11.3 Å². The highest BCUT2D eigenvalue weighted by molar-refractivity contribution is 6.36. The molecule has 4 nitrogen and oxygen atoms in total. The minimum Gasteiger partial charge on any atom is -0.326 e. The first-order chi connectivity index (χ1) is 13.9. The van der Waals surface area contributed by atoms with Crippen molar-refractivity contribution < 1.29 is 9.59 Å². The summed E-state index contributed by atoms with van der Waals surface area (Å²) in [4.78, 5) is 26.4. The van der Waals surface area contributed by atoms with Crippen molar-refractivity contribution in [3.63, 3.8) is 0 Å². The number of hydrogen-bond acceptors (Lipinski definition) is 2. The summed E-state index contributed by atoms with van der Waals surface area (Å²) in [6.45, 7) is 0. The van der Waals surface area contributed by atoms with Crippen molar-refractivity contribution in [2.75, 3.05) is 17.3 Å². The number of nitrogens with zero attached hydrogens (tertiary/aromatic N) is 1. The van der Waals surface area contributed by atoms with Gasteiger partial charge in [-0.2, -0.15) is 0 Å². The van der Waals surface area contributed by atoms with Gasteiger partial charge < -0.3 is 10.2 Å². The minimum absolute atomic E-state index is 0.0126. The van der Waals surface area contributed by atoms with Gasteiger partial charge in [0.15, 0.2) is 0 Å². The molecule has 0 fully saturated rings. The smallest absolute Gasteiger partial charge is 0.231 e. The molecule has 2 amide bonds. The van der Waals surface area contributed by atoms with Crippen molar-refractivity contribution >= 4 is 46.4 Å². The summed E-state index contributed by atoms with van der Waals surface area (Å²) in [5.74, 6) is -0.228. The summed E-state index contributed by atoms with van der Waals surface area (Å²) in [6.07, 6.45) is 0.357. The van der Waals surface area contributed by atoms with E-state index in [1.807, 2.05) is 42.5 Å². The number of halogens is 2. The standard InChI is InChI=1S/C23H20Cl2N2O2/c1-27(18-6-3-2-4-7-18)23(29)14-16-10-12-17(13-11-16)26-22(28)15-19-20(24)8-5-9-21(19)25/h2-13H,14-15H2,1H3,(H,26,28). The summed E-state index contributed by atoms with van der Waals surface area (Å²) in [5, 5.41) is 3.75. The van der Waals surface area contributed by atoms with Gasteiger partial charge in [-0.1, -0.05) is 59.6 Å². The zero-order chi connectivity index (χ0) is 20.8. The molecule has 0 heterocycles. The third-order valence-corrected chi connectivity index (χ3v) is 5.22. The highest BCUT2D eigenvalue weighted by atomic mass is 35.5. The summed E-state index contributed by atoms with van der Waals surface area (Å²) in [7, 11) is 1.76. The molecule has 3 aromatic rings. The van der Waals surface area contributed by atoms with Crippen LogP contribution in [0.25, 0.3) is 0 Å². The second-order valence-corrected chi connectivity index (χ2v) is 7.40. The zero-order valence-corrected chi connectivity index (χ0v) is 17.4. The van der Waals surface area contributed by atoms with Gasteiger partial charge in [0.1, 0.15) is 0 Å². The lowest BCUT2D eigenvalue weighted by atomic mass is 10.1. The molecule has 0 bridgehead atoms. The Hall–Kier alpha value is -2.82. The first-order valence-electron chi connectivity index (χ1n) is 9.07. The normalized spacial score (nSPS) is 10.4. The highest BCUT2D eigenvalue weighted by Crippen LogP contribution is 2.25. The van der Waals surface area contributed by atoms with Gasteiger partial charge in [0.2, 0.25) is 11.8 Å². The van der Waals surface area contributed by atoms with E-state index in [4.69, 9.17) is 23.2 Å². The Labute approximate surface area is 180 Å². The molecular formula is C23H20Cl2N2O2. The fourth-order valence-electron chi connectivity index (χ4n) is 2.86. The van der Waals surface area contributed by atoms with E-state index in [-0.39, 0.29) is 24.7 Å². The van der Waals surface area contributed by atoms with Gasteiger partial charge in [0.25, 0.3) is 0 Å². The number of rotatable bonds is 6. The van der Waals surface area contributed by atoms with Crippen molar-refractivity contribution in [2.45, 2.75) is 12.8 Å². The second kappa shape index (κ2) is 9.59. The molecule has 0 aliphatic carbocycles. The second-order valence-electron chi connectivity index (χ2n) is 6.59. The molecule has 0 aliphatic heterocycles. The van der Waals surface area contributed by atoms with Crippen LogP contribution in [0.5, 0.6) is 0 Å². The Morgan fingerprint density at radius 2 is 1.45 bits per heavy atom. The number of benzene rings is 3. The average molecular weight is 427 g/mol. The predicted molar refractivity (Wildman–Crippen MR) is 119 cm³/mol. The molecule has 3 aromatic carbocycles. The SMILES string of the molecule is CN(C(=O)Cc1ccc(NC(=O)Cc2c(Cl)cccc2Cl)cc1)c1ccccc1. The number of anilines is 2. The number of carbonyl (C=O) groups is 2. The van der Waals surface area contributed by atoms with E-state index < -0.39 is 0 Å². The fourth-order valence-corrected chi connectivity index (χ4v) is 3.39. The first kappa shape index (κ1) is 20.9. The van der Waals surface area contributed by atoms with Gasteiger partial charge in [0.05, 0.1) is 12.8 Å². The summed E-state index contributed by atoms with van der Waals surface area (Å²) < 4.78 is 0. The van der Waals surface area contributed by atoms with E-state index in [0.29, 0.717) is 21.3 Å². The average Bonchev–Trinajstić information content (AvgIpc) is 2.72. The molecule has 148 valence electrons. The Balaban J connectivity index is 1.58. The van der Waals surface area contributed by atoms with Crippen molar-refractivity contribution in [2.24, 2.45) is 0 Å². The van der Waals surface area contributed by atoms with Crippen LogP contribution >= 0.6 is 23.2 Å². The predicted octanol–water partition coefficient (Wildman–Crippen LogP) is 5.38. The third kappa shape index (κ3) is 5.59. The van der Waals surface area contributed by atoms with Gasteiger partial charge >= 0.3 is 0 Å². The van der Waals surface area contributed by atoms with E-state index in [2.05, 4.69) is 5.32 Å². The van der Waals surface area contributed by atoms with Crippen LogP contribution in [0.3, 0.4) is 0 Å². The monoisotopic (exact) mass is 426 g/mol. The molecule has 0 saturated carbocycles. The van der Waals surface area contributed by atoms with Crippen LogP contribution in [-0.2, 0) is 22.4 Å². The molecule has 0 spiro atoms. The van der Waals surface area contributed by atoms with Gasteiger partial charge in [-0.05, 0) is 47.5 Å². The molecule has 6 heteroatoms. The lowest BCUT2D eigenvalue weighted by Gasteiger charge is -2.17. The molecule has 1 N–H and O–H groups in total. The van der Waals surface area contributed by atoms with E-state index in [1.165, 1.54) is 0 Å². The maximum Gasteiger partial charge on any atom is 0.231 e. The minimum atomic E-state index is -0.215. The van der Waals surface area contributed by atoms with Crippen molar-refractivity contribution in [3.05, 3.63) is 94.0 Å². The van der Waals surface area contributed by atoms with Crippen LogP contribution in [0.15, 0.2) is 72.8 Å². The van der Waals surface area contributed by atoms with E-state index >= 15 is 0 Å². The molecule has 0 unspecified atom stereocenters. The first-order valence-corrected chi connectivity index (χ1v) is 9.83. The third-order valence-electron chi connectivity index (χ3n) is 4.51. The molecule has 0 aromatic heterocycles. The summed E-state index contributed by atoms with van der Waals surface area (Å²) in [5.41, 5.74) is 2.95. The number of amides is 2. The van der Waals surface area contributed by atoms with Crippen molar-refractivity contribution in [1.82, 2.24) is 0 Å². The van der Waals surface area contributed by atoms with Gasteiger partial charge in [-0.15, -0.1) is 0 Å². The number of hydrogen-bond donors (Lipinski definition) is 1. The lowest BCUT2D eigenvalue weighted by molar-refractivity contribution is -0.118. The van der Waals surface area contributed by atoms with E-state index in [1.54, 1.807) is 42.3 Å². The topological polar surface area (TPSA) is 49.4 Å². The van der Waals surface area contributed by atoms with Gasteiger partial charge in [-0.25, -0.2) is 0 Å². The van der Waals surface area contributed by atoms with Crippen molar-refractivity contribution in [3.8, 4) is 0 Å². The maximum absolute atomic E-state index is 12.5. The number of para-hydroxylation sites is 1. The zero-order valence-electron chi connectivity index (χ0n) is 15.9. The number of likely N-dealkylation sites (N-methyl/N-ethyl adjacent to an activating group) is 1. The van der Waals surface area contributed by atoms with Crippen LogP contribution in [0.1, 0.15) is 11.1 Å². The largest absolute Gasteiger partial charge is 0.326 e. The number of nitrogens with one attached hydrogen (secondary N) is 1. The molecule has 29 heavy (non-hydrogen) atoms. The molecular weight excluding hydrogens is 407 g/mol. The Kier molecular flexibility index (Phi) is 6.91. The van der Waals surface area contributed by atoms with Crippen LogP contribution in [0, 0.1) is 0 Å². The maximum atomic E-state index is 12.5. The van der Waals surface area contributed by atoms with E-state index in [9.17, 15) is 9.59 Å². The molecule has 3 rings (SSSR count). The molecule has 0 radical (unpaired) electrons. The number of carbonyl (C=O) groups excluding carboxylic acids is 2. The lowest BCUT2D eigenvalue weighted by Crippen LogP contribution is -2.27. The Morgan fingerprint density at radius 3 is 2.07 bits per heavy atom. The quantitative estimate of drug-likeness (QED) is 0.574. The highest BCUT2D eigenvalue weighted by Gasteiger charge is 2.13. The molecule has 0 saturated heterocycles. The van der Waals surface area contributed by atoms with Gasteiger partial charge in [-0.3, -0.25) is 9.59 Å². The van der Waals surface area contributed by atoms with Gasteiger partial charge in [0, 0.05) is 28.5 Å². The van der Waals surface area contributed by atoms with Crippen LogP contribution in [0.4, 0.5) is 11.4 Å².